The van der Waals surface area contributed by atoms with Crippen molar-refractivity contribution in [3.05, 3.63) is 0 Å². The summed E-state index contributed by atoms with van der Waals surface area (Å²) in [5, 5.41) is 0. The summed E-state index contributed by atoms with van der Waals surface area (Å²) in [6.45, 7) is 8.39. The lowest BCUT2D eigenvalue weighted by Gasteiger charge is -2.15. The van der Waals surface area contributed by atoms with Gasteiger partial charge in [-0.3, -0.25) is 4.79 Å². The Bertz CT molecular complexity index is 132. The molecule has 78 valence electrons. The van der Waals surface area contributed by atoms with Gasteiger partial charge < -0.3 is 0 Å². The molecule has 1 heteroatoms. The van der Waals surface area contributed by atoms with Crippen molar-refractivity contribution in [3.8, 4) is 0 Å². The van der Waals surface area contributed by atoms with E-state index in [1.807, 2.05) is 13.8 Å². The van der Waals surface area contributed by atoms with Crippen molar-refractivity contribution in [2.24, 2.45) is 11.8 Å². The van der Waals surface area contributed by atoms with Crippen molar-refractivity contribution >= 4 is 5.78 Å². The summed E-state index contributed by atoms with van der Waals surface area (Å²) < 4.78 is 0. The molecule has 0 spiro atoms. The highest BCUT2D eigenvalue weighted by Crippen LogP contribution is 2.19. The van der Waals surface area contributed by atoms with Gasteiger partial charge in [-0.1, -0.05) is 53.4 Å². The van der Waals surface area contributed by atoms with Crippen LogP contribution in [0.3, 0.4) is 0 Å². The van der Waals surface area contributed by atoms with E-state index in [0.29, 0.717) is 11.7 Å². The van der Waals surface area contributed by atoms with E-state index in [-0.39, 0.29) is 5.92 Å². The standard InChI is InChI=1S/C12H24O/c1-5-7-11(8-6-2)9-12(13)10(3)4/h10-11H,5-9H2,1-4H3. The largest absolute Gasteiger partial charge is 0.299 e. The minimum Gasteiger partial charge on any atom is -0.299 e. The first-order valence-electron chi connectivity index (χ1n) is 5.64. The zero-order chi connectivity index (χ0) is 10.3. The molecular formula is C12H24O. The first-order valence-corrected chi connectivity index (χ1v) is 5.64. The summed E-state index contributed by atoms with van der Waals surface area (Å²) in [6.07, 6.45) is 5.64. The number of hydrogen-bond donors (Lipinski definition) is 0. The molecule has 0 saturated carbocycles. The highest BCUT2D eigenvalue weighted by atomic mass is 16.1. The van der Waals surface area contributed by atoms with Gasteiger partial charge >= 0.3 is 0 Å². The maximum absolute atomic E-state index is 11.5. The van der Waals surface area contributed by atoms with Crippen molar-refractivity contribution in [1.29, 1.82) is 0 Å². The molecule has 0 aliphatic carbocycles. The Hall–Kier alpha value is -0.330. The summed E-state index contributed by atoms with van der Waals surface area (Å²) in [5.41, 5.74) is 0. The molecule has 13 heavy (non-hydrogen) atoms. The minimum absolute atomic E-state index is 0.219. The van der Waals surface area contributed by atoms with Crippen LogP contribution in [0.1, 0.15) is 59.8 Å². The lowest BCUT2D eigenvalue weighted by atomic mass is 9.90. The lowest BCUT2D eigenvalue weighted by molar-refractivity contribution is -0.122. The maximum Gasteiger partial charge on any atom is 0.135 e. The second kappa shape index (κ2) is 7.11. The lowest BCUT2D eigenvalue weighted by Crippen LogP contribution is -2.13. The Morgan fingerprint density at radius 2 is 1.54 bits per heavy atom. The zero-order valence-electron chi connectivity index (χ0n) is 9.60. The molecule has 0 N–H and O–H groups in total. The fraction of sp³-hybridized carbons (Fsp3) is 0.917. The van der Waals surface area contributed by atoms with E-state index in [2.05, 4.69) is 13.8 Å². The van der Waals surface area contributed by atoms with Crippen LogP contribution in [-0.2, 0) is 4.79 Å². The zero-order valence-corrected chi connectivity index (χ0v) is 9.60. The summed E-state index contributed by atoms with van der Waals surface area (Å²) in [6, 6.07) is 0. The molecule has 0 unspecified atom stereocenters. The second-order valence-corrected chi connectivity index (χ2v) is 4.27. The number of carbonyl (C=O) groups is 1. The van der Waals surface area contributed by atoms with Gasteiger partial charge in [-0.25, -0.2) is 0 Å². The summed E-state index contributed by atoms with van der Waals surface area (Å²) in [5.74, 6) is 1.30. The third-order valence-corrected chi connectivity index (χ3v) is 2.53. The number of ketones is 1. The van der Waals surface area contributed by atoms with Crippen LogP contribution < -0.4 is 0 Å². The van der Waals surface area contributed by atoms with Crippen LogP contribution >= 0.6 is 0 Å². The topological polar surface area (TPSA) is 17.1 Å². The Morgan fingerprint density at radius 3 is 1.85 bits per heavy atom. The molecule has 0 aromatic rings. The SMILES string of the molecule is CCCC(CCC)CC(=O)C(C)C. The van der Waals surface area contributed by atoms with Crippen LogP contribution in [-0.4, -0.2) is 5.78 Å². The second-order valence-electron chi connectivity index (χ2n) is 4.27. The van der Waals surface area contributed by atoms with Crippen molar-refractivity contribution in [2.75, 3.05) is 0 Å². The van der Waals surface area contributed by atoms with Gasteiger partial charge in [-0.05, 0) is 5.92 Å². The highest BCUT2D eigenvalue weighted by Gasteiger charge is 2.14. The molecule has 0 aliphatic heterocycles. The van der Waals surface area contributed by atoms with Gasteiger partial charge in [0.2, 0.25) is 0 Å². The van der Waals surface area contributed by atoms with E-state index < -0.39 is 0 Å². The Morgan fingerprint density at radius 1 is 1.08 bits per heavy atom. The predicted molar refractivity (Wildman–Crippen MR) is 57.8 cm³/mol. The highest BCUT2D eigenvalue weighted by molar-refractivity contribution is 5.80. The van der Waals surface area contributed by atoms with E-state index in [1.54, 1.807) is 0 Å². The Labute approximate surface area is 82.9 Å². The fourth-order valence-electron chi connectivity index (χ4n) is 1.69. The van der Waals surface area contributed by atoms with Crippen LogP contribution in [0, 0.1) is 11.8 Å². The number of hydrogen-bond acceptors (Lipinski definition) is 1. The van der Waals surface area contributed by atoms with Crippen LogP contribution in [0.4, 0.5) is 0 Å². The average molecular weight is 184 g/mol. The Balaban J connectivity index is 3.86. The van der Waals surface area contributed by atoms with Crippen LogP contribution in [0.15, 0.2) is 0 Å². The van der Waals surface area contributed by atoms with Gasteiger partial charge in [0.15, 0.2) is 0 Å². The number of Topliss-reactive ketones (excluding diaryl/α,β-unsaturated/α-hetero) is 1. The summed E-state index contributed by atoms with van der Waals surface area (Å²) in [7, 11) is 0. The average Bonchev–Trinajstić information content (AvgIpc) is 2.05. The molecule has 1 nitrogen and oxygen atoms in total. The molecule has 0 fully saturated rings. The third-order valence-electron chi connectivity index (χ3n) is 2.53. The molecule has 0 bridgehead atoms. The van der Waals surface area contributed by atoms with Crippen molar-refractivity contribution in [1.82, 2.24) is 0 Å². The number of rotatable bonds is 7. The molecule has 0 aromatic carbocycles. The first-order chi connectivity index (χ1) is 6.11. The van der Waals surface area contributed by atoms with E-state index in [1.165, 1.54) is 25.7 Å². The van der Waals surface area contributed by atoms with Gasteiger partial charge in [0.25, 0.3) is 0 Å². The van der Waals surface area contributed by atoms with Crippen LogP contribution in [0.2, 0.25) is 0 Å². The predicted octanol–water partition coefficient (Wildman–Crippen LogP) is 3.82. The van der Waals surface area contributed by atoms with Gasteiger partial charge in [-0.15, -0.1) is 0 Å². The normalized spacial score (nSPS) is 11.2. The summed E-state index contributed by atoms with van der Waals surface area (Å²) in [4.78, 5) is 11.5. The summed E-state index contributed by atoms with van der Waals surface area (Å²) >= 11 is 0. The third kappa shape index (κ3) is 5.84. The first kappa shape index (κ1) is 12.7. The van der Waals surface area contributed by atoms with Gasteiger partial charge in [0, 0.05) is 12.3 Å². The molecule has 0 aliphatic rings. The van der Waals surface area contributed by atoms with E-state index in [9.17, 15) is 4.79 Å². The monoisotopic (exact) mass is 184 g/mol. The molecule has 0 saturated heterocycles. The molecular weight excluding hydrogens is 160 g/mol. The fourth-order valence-corrected chi connectivity index (χ4v) is 1.69. The van der Waals surface area contributed by atoms with Crippen molar-refractivity contribution < 1.29 is 4.79 Å². The molecule has 0 rings (SSSR count). The maximum atomic E-state index is 11.5. The van der Waals surface area contributed by atoms with Crippen LogP contribution in [0.5, 0.6) is 0 Å². The van der Waals surface area contributed by atoms with E-state index >= 15 is 0 Å². The smallest absolute Gasteiger partial charge is 0.135 e. The van der Waals surface area contributed by atoms with E-state index in [4.69, 9.17) is 0 Å². The van der Waals surface area contributed by atoms with Crippen molar-refractivity contribution in [3.63, 3.8) is 0 Å². The van der Waals surface area contributed by atoms with E-state index in [0.717, 1.165) is 6.42 Å². The quantitative estimate of drug-likeness (QED) is 0.588. The van der Waals surface area contributed by atoms with Crippen molar-refractivity contribution in [2.45, 2.75) is 59.8 Å². The van der Waals surface area contributed by atoms with Gasteiger partial charge in [0.05, 0.1) is 0 Å². The molecule has 0 atom stereocenters. The molecule has 0 radical (unpaired) electrons. The number of carbonyl (C=O) groups excluding carboxylic acids is 1. The molecule has 0 heterocycles. The van der Waals surface area contributed by atoms with Gasteiger partial charge in [-0.2, -0.15) is 0 Å². The Kier molecular flexibility index (Phi) is 6.93. The molecule has 0 aromatic heterocycles. The van der Waals surface area contributed by atoms with Gasteiger partial charge in [0.1, 0.15) is 5.78 Å². The molecule has 0 amide bonds. The van der Waals surface area contributed by atoms with Crippen LogP contribution in [0.25, 0.3) is 0 Å². The minimum atomic E-state index is 0.219.